The van der Waals surface area contributed by atoms with Crippen LogP contribution in [0.2, 0.25) is 0 Å². The van der Waals surface area contributed by atoms with E-state index in [9.17, 15) is 4.79 Å². The lowest BCUT2D eigenvalue weighted by Gasteiger charge is -2.32. The van der Waals surface area contributed by atoms with Crippen LogP contribution in [0.25, 0.3) is 0 Å². The van der Waals surface area contributed by atoms with E-state index in [0.29, 0.717) is 11.6 Å². The summed E-state index contributed by atoms with van der Waals surface area (Å²) < 4.78 is 0. The first-order valence-corrected chi connectivity index (χ1v) is 6.54. The average molecular weight is 240 g/mol. The second-order valence-corrected chi connectivity index (χ2v) is 4.86. The molecule has 4 nitrogen and oxygen atoms in total. The molecule has 0 radical (unpaired) electrons. The summed E-state index contributed by atoms with van der Waals surface area (Å²) in [4.78, 5) is 17.9. The quantitative estimate of drug-likeness (QED) is 0.868. The van der Waals surface area contributed by atoms with Gasteiger partial charge in [-0.2, -0.15) is 0 Å². The third-order valence-electron chi connectivity index (χ3n) is 2.99. The van der Waals surface area contributed by atoms with Crippen molar-refractivity contribution >= 4 is 17.2 Å². The van der Waals surface area contributed by atoms with Crippen molar-refractivity contribution in [1.82, 2.24) is 9.88 Å². The molecule has 0 bridgehead atoms. The fourth-order valence-electron chi connectivity index (χ4n) is 2.15. The van der Waals surface area contributed by atoms with Crippen LogP contribution >= 0.6 is 11.3 Å². The van der Waals surface area contributed by atoms with Crippen LogP contribution < -0.4 is 0 Å². The minimum atomic E-state index is 0.0314. The van der Waals surface area contributed by atoms with Gasteiger partial charge in [0.2, 0.25) is 0 Å². The first kappa shape index (κ1) is 11.5. The van der Waals surface area contributed by atoms with Gasteiger partial charge in [0.15, 0.2) is 0 Å². The molecule has 1 fully saturated rings. The molecule has 0 saturated carbocycles. The Kier molecular flexibility index (Phi) is 3.90. The van der Waals surface area contributed by atoms with Gasteiger partial charge < -0.3 is 10.0 Å². The highest BCUT2D eigenvalue weighted by atomic mass is 32.1. The Labute approximate surface area is 98.9 Å². The Morgan fingerprint density at radius 2 is 2.56 bits per heavy atom. The number of carbonyl (C=O) groups excluding carboxylic acids is 1. The Bertz CT molecular complexity index is 338. The molecule has 2 heterocycles. The fourth-order valence-corrected chi connectivity index (χ4v) is 2.67. The summed E-state index contributed by atoms with van der Waals surface area (Å²) in [6.07, 6.45) is 2.93. The summed E-state index contributed by atoms with van der Waals surface area (Å²) in [5, 5.41) is 10.7. The second-order valence-electron chi connectivity index (χ2n) is 4.15. The van der Waals surface area contributed by atoms with Crippen molar-refractivity contribution in [3.63, 3.8) is 0 Å². The predicted molar refractivity (Wildman–Crippen MR) is 62.4 cm³/mol. The summed E-state index contributed by atoms with van der Waals surface area (Å²) in [5.41, 5.74) is 2.23. The van der Waals surface area contributed by atoms with Crippen molar-refractivity contribution in [2.75, 3.05) is 19.7 Å². The largest absolute Gasteiger partial charge is 0.396 e. The zero-order chi connectivity index (χ0) is 11.4. The lowest BCUT2D eigenvalue weighted by molar-refractivity contribution is 0.0648. The molecule has 1 saturated heterocycles. The monoisotopic (exact) mass is 240 g/mol. The number of aliphatic hydroxyl groups is 1. The molecular formula is C11H16N2O2S. The molecule has 1 atom stereocenters. The minimum Gasteiger partial charge on any atom is -0.396 e. The number of rotatable bonds is 3. The number of hydrogen-bond donors (Lipinski definition) is 1. The Hall–Kier alpha value is -0.940. The van der Waals surface area contributed by atoms with Crippen LogP contribution in [0.3, 0.4) is 0 Å². The maximum absolute atomic E-state index is 12.0. The van der Waals surface area contributed by atoms with Crippen LogP contribution in [0.15, 0.2) is 10.9 Å². The van der Waals surface area contributed by atoms with Crippen LogP contribution in [-0.2, 0) is 0 Å². The highest BCUT2D eigenvalue weighted by molar-refractivity contribution is 7.07. The molecule has 1 unspecified atom stereocenters. The second kappa shape index (κ2) is 5.41. The predicted octanol–water partition coefficient (Wildman–Crippen LogP) is 1.38. The van der Waals surface area contributed by atoms with Crippen molar-refractivity contribution < 1.29 is 9.90 Å². The first-order valence-electron chi connectivity index (χ1n) is 5.59. The lowest BCUT2D eigenvalue weighted by Crippen LogP contribution is -2.40. The smallest absolute Gasteiger partial charge is 0.273 e. The van der Waals surface area contributed by atoms with Gasteiger partial charge in [-0.05, 0) is 25.2 Å². The third-order valence-corrected chi connectivity index (χ3v) is 3.58. The first-order chi connectivity index (χ1) is 7.81. The SMILES string of the molecule is O=C(c1cscn1)N1CCCC(CCO)C1. The maximum atomic E-state index is 12.0. The molecule has 1 aliphatic heterocycles. The Morgan fingerprint density at radius 3 is 3.25 bits per heavy atom. The summed E-state index contributed by atoms with van der Waals surface area (Å²) >= 11 is 1.44. The molecule has 0 spiro atoms. The van der Waals surface area contributed by atoms with Crippen molar-refractivity contribution in [3.8, 4) is 0 Å². The van der Waals surface area contributed by atoms with Crippen LogP contribution in [0.4, 0.5) is 0 Å². The maximum Gasteiger partial charge on any atom is 0.273 e. The molecule has 0 aliphatic carbocycles. The van der Waals surface area contributed by atoms with Crippen molar-refractivity contribution in [3.05, 3.63) is 16.6 Å². The van der Waals surface area contributed by atoms with Crippen molar-refractivity contribution in [2.24, 2.45) is 5.92 Å². The molecule has 1 N–H and O–H groups in total. The van der Waals surface area contributed by atoms with E-state index in [1.54, 1.807) is 10.9 Å². The zero-order valence-electron chi connectivity index (χ0n) is 9.13. The summed E-state index contributed by atoms with van der Waals surface area (Å²) in [6.45, 7) is 1.79. The average Bonchev–Trinajstić information content (AvgIpc) is 2.82. The van der Waals surface area contributed by atoms with Gasteiger partial charge in [0.05, 0.1) is 5.51 Å². The number of aromatic nitrogens is 1. The normalized spacial score (nSPS) is 21.1. The van der Waals surface area contributed by atoms with E-state index in [-0.39, 0.29) is 12.5 Å². The van der Waals surface area contributed by atoms with Crippen molar-refractivity contribution in [2.45, 2.75) is 19.3 Å². The number of aliphatic hydroxyl groups excluding tert-OH is 1. The van der Waals surface area contributed by atoms with Gasteiger partial charge in [-0.25, -0.2) is 4.98 Å². The van der Waals surface area contributed by atoms with Gasteiger partial charge in [0, 0.05) is 25.1 Å². The molecule has 0 aromatic carbocycles. The highest BCUT2D eigenvalue weighted by Gasteiger charge is 2.24. The van der Waals surface area contributed by atoms with Gasteiger partial charge in [0.1, 0.15) is 5.69 Å². The number of piperidine rings is 1. The number of likely N-dealkylation sites (tertiary alicyclic amines) is 1. The van der Waals surface area contributed by atoms with E-state index in [0.717, 1.165) is 32.4 Å². The summed E-state index contributed by atoms with van der Waals surface area (Å²) in [5.74, 6) is 0.477. The van der Waals surface area contributed by atoms with E-state index in [2.05, 4.69) is 4.98 Å². The third kappa shape index (κ3) is 2.59. The molecule has 1 aromatic rings. The zero-order valence-corrected chi connectivity index (χ0v) is 9.95. The highest BCUT2D eigenvalue weighted by Crippen LogP contribution is 2.20. The fraction of sp³-hybridized carbons (Fsp3) is 0.636. The summed E-state index contributed by atoms with van der Waals surface area (Å²) in [6, 6.07) is 0. The number of thiazole rings is 1. The van der Waals surface area contributed by atoms with E-state index < -0.39 is 0 Å². The molecule has 1 aliphatic rings. The van der Waals surface area contributed by atoms with Crippen molar-refractivity contribution in [1.29, 1.82) is 0 Å². The number of nitrogens with zero attached hydrogens (tertiary/aromatic N) is 2. The van der Waals surface area contributed by atoms with E-state index >= 15 is 0 Å². The number of amides is 1. The number of carbonyl (C=O) groups is 1. The van der Waals surface area contributed by atoms with Gasteiger partial charge in [-0.1, -0.05) is 0 Å². The lowest BCUT2D eigenvalue weighted by atomic mass is 9.95. The minimum absolute atomic E-state index is 0.0314. The Morgan fingerprint density at radius 1 is 1.69 bits per heavy atom. The van der Waals surface area contributed by atoms with Gasteiger partial charge in [-0.15, -0.1) is 11.3 Å². The van der Waals surface area contributed by atoms with E-state index in [1.165, 1.54) is 11.3 Å². The van der Waals surface area contributed by atoms with Gasteiger partial charge in [-0.3, -0.25) is 4.79 Å². The van der Waals surface area contributed by atoms with E-state index in [4.69, 9.17) is 5.11 Å². The van der Waals surface area contributed by atoms with Crippen LogP contribution in [0.5, 0.6) is 0 Å². The number of hydrogen-bond acceptors (Lipinski definition) is 4. The molecule has 1 amide bonds. The van der Waals surface area contributed by atoms with Gasteiger partial charge >= 0.3 is 0 Å². The van der Waals surface area contributed by atoms with Crippen LogP contribution in [0, 0.1) is 5.92 Å². The van der Waals surface area contributed by atoms with E-state index in [1.807, 2.05) is 4.90 Å². The molecule has 5 heteroatoms. The molecule has 88 valence electrons. The Balaban J connectivity index is 1.96. The molecular weight excluding hydrogens is 224 g/mol. The summed E-state index contributed by atoms with van der Waals surface area (Å²) in [7, 11) is 0. The van der Waals surface area contributed by atoms with Crippen LogP contribution in [-0.4, -0.2) is 40.6 Å². The molecule has 16 heavy (non-hydrogen) atoms. The molecule has 2 rings (SSSR count). The standard InChI is InChI=1S/C11H16N2O2S/c14-5-3-9-2-1-4-13(6-9)11(15)10-7-16-8-12-10/h7-9,14H,1-6H2. The van der Waals surface area contributed by atoms with Gasteiger partial charge in [0.25, 0.3) is 5.91 Å². The molecule has 1 aromatic heterocycles. The van der Waals surface area contributed by atoms with Crippen LogP contribution in [0.1, 0.15) is 29.8 Å². The topological polar surface area (TPSA) is 53.4 Å².